The third-order valence-electron chi connectivity index (χ3n) is 4.94. The predicted molar refractivity (Wildman–Crippen MR) is 125 cm³/mol. The summed E-state index contributed by atoms with van der Waals surface area (Å²) in [5, 5.41) is 9.78. The third kappa shape index (κ3) is 7.39. The Labute approximate surface area is 183 Å². The van der Waals surface area contributed by atoms with Crippen molar-refractivity contribution in [2.45, 2.75) is 26.4 Å². The molecule has 0 unspecified atom stereocenters. The van der Waals surface area contributed by atoms with Gasteiger partial charge in [0.25, 0.3) is 5.91 Å². The van der Waals surface area contributed by atoms with Gasteiger partial charge in [0.2, 0.25) is 0 Å². The van der Waals surface area contributed by atoms with E-state index < -0.39 is 0 Å². The molecule has 0 bridgehead atoms. The Bertz CT molecular complexity index is 1000. The summed E-state index contributed by atoms with van der Waals surface area (Å²) in [5.41, 5.74) is 4.63. The second-order valence-electron chi connectivity index (χ2n) is 7.46. The van der Waals surface area contributed by atoms with E-state index in [0.717, 1.165) is 31.7 Å². The number of benzene rings is 3. The summed E-state index contributed by atoms with van der Waals surface area (Å²) in [4.78, 5) is 23.7. The molecule has 0 aliphatic carbocycles. The van der Waals surface area contributed by atoms with Crippen LogP contribution in [0.25, 0.3) is 0 Å². The second kappa shape index (κ2) is 11.7. The maximum atomic E-state index is 12.2. The molecule has 3 aromatic carbocycles. The quantitative estimate of drug-likeness (QED) is 0.320. The van der Waals surface area contributed by atoms with Crippen molar-refractivity contribution in [1.82, 2.24) is 10.6 Å². The van der Waals surface area contributed by atoms with Crippen LogP contribution in [-0.4, -0.2) is 24.8 Å². The van der Waals surface area contributed by atoms with Gasteiger partial charge in [0.05, 0.1) is 0 Å². The molecular formula is C26H29N3O2. The van der Waals surface area contributed by atoms with Gasteiger partial charge in [0, 0.05) is 36.4 Å². The molecule has 0 atom stereocenters. The molecule has 0 heterocycles. The fourth-order valence-corrected chi connectivity index (χ4v) is 3.22. The van der Waals surface area contributed by atoms with E-state index in [-0.39, 0.29) is 11.7 Å². The van der Waals surface area contributed by atoms with Crippen LogP contribution >= 0.6 is 0 Å². The van der Waals surface area contributed by atoms with E-state index in [1.54, 1.807) is 24.3 Å². The highest BCUT2D eigenvalue weighted by Gasteiger charge is 2.07. The Kier molecular flexibility index (Phi) is 8.38. The van der Waals surface area contributed by atoms with Crippen molar-refractivity contribution in [3.05, 3.63) is 101 Å². The molecule has 0 radical (unpaired) electrons. The zero-order valence-electron chi connectivity index (χ0n) is 17.9. The molecule has 1 amide bonds. The second-order valence-corrected chi connectivity index (χ2v) is 7.46. The summed E-state index contributed by atoms with van der Waals surface area (Å²) in [5.74, 6) is -0.196. The molecule has 0 fully saturated rings. The zero-order chi connectivity index (χ0) is 21.9. The summed E-state index contributed by atoms with van der Waals surface area (Å²) in [6.07, 6.45) is 0.823. The van der Waals surface area contributed by atoms with Crippen molar-refractivity contribution in [3.8, 4) is 0 Å². The highest BCUT2D eigenvalue weighted by Crippen LogP contribution is 2.12. The maximum absolute atomic E-state index is 12.2. The Hall–Kier alpha value is -3.44. The number of carbonyl (C=O) groups is 2. The van der Waals surface area contributed by atoms with Gasteiger partial charge in [-0.3, -0.25) is 9.59 Å². The average Bonchev–Trinajstić information content (AvgIpc) is 2.81. The van der Waals surface area contributed by atoms with Crippen LogP contribution in [0.1, 0.15) is 45.2 Å². The fraction of sp³-hybridized carbons (Fsp3) is 0.231. The summed E-state index contributed by atoms with van der Waals surface area (Å²) in [6, 6.07) is 25.5. The number of amides is 1. The number of hydrogen-bond donors (Lipinski definition) is 3. The molecule has 5 heteroatoms. The van der Waals surface area contributed by atoms with Crippen LogP contribution in [0, 0.1) is 0 Å². The Balaban J connectivity index is 1.35. The minimum Gasteiger partial charge on any atom is -0.381 e. The smallest absolute Gasteiger partial charge is 0.251 e. The molecule has 0 spiro atoms. The first-order chi connectivity index (χ1) is 15.1. The van der Waals surface area contributed by atoms with Crippen molar-refractivity contribution in [2.24, 2.45) is 0 Å². The molecule has 31 heavy (non-hydrogen) atoms. The van der Waals surface area contributed by atoms with Gasteiger partial charge in [-0.1, -0.05) is 54.6 Å². The monoisotopic (exact) mass is 415 g/mol. The lowest BCUT2D eigenvalue weighted by Gasteiger charge is -2.10. The molecule has 0 saturated heterocycles. The van der Waals surface area contributed by atoms with E-state index >= 15 is 0 Å². The van der Waals surface area contributed by atoms with Crippen LogP contribution in [0.15, 0.2) is 78.9 Å². The van der Waals surface area contributed by atoms with Gasteiger partial charge in [0.15, 0.2) is 5.78 Å². The third-order valence-corrected chi connectivity index (χ3v) is 4.94. The molecule has 0 aliphatic rings. The van der Waals surface area contributed by atoms with Gasteiger partial charge in [-0.15, -0.1) is 0 Å². The van der Waals surface area contributed by atoms with Crippen molar-refractivity contribution >= 4 is 17.4 Å². The highest BCUT2D eigenvalue weighted by atomic mass is 16.1. The van der Waals surface area contributed by atoms with E-state index in [1.165, 1.54) is 18.1 Å². The predicted octanol–water partition coefficient (Wildman–Crippen LogP) is 4.41. The van der Waals surface area contributed by atoms with Gasteiger partial charge in [0.1, 0.15) is 0 Å². The minimum atomic E-state index is -0.153. The van der Waals surface area contributed by atoms with E-state index in [9.17, 15) is 9.59 Å². The molecule has 160 valence electrons. The number of Topliss-reactive ketones (excluding diaryl/α,β-unsaturated/α-hetero) is 1. The zero-order valence-corrected chi connectivity index (χ0v) is 17.9. The van der Waals surface area contributed by atoms with E-state index in [0.29, 0.717) is 17.7 Å². The minimum absolute atomic E-state index is 0.0433. The molecule has 0 aromatic heterocycles. The van der Waals surface area contributed by atoms with Crippen LogP contribution in [0.3, 0.4) is 0 Å². The summed E-state index contributed by atoms with van der Waals surface area (Å²) >= 11 is 0. The van der Waals surface area contributed by atoms with Gasteiger partial charge >= 0.3 is 0 Å². The molecule has 3 aromatic rings. The topological polar surface area (TPSA) is 70.2 Å². The van der Waals surface area contributed by atoms with Crippen LogP contribution in [0.4, 0.5) is 5.69 Å². The summed E-state index contributed by atoms with van der Waals surface area (Å²) < 4.78 is 0. The fourth-order valence-electron chi connectivity index (χ4n) is 3.22. The molecular weight excluding hydrogens is 386 g/mol. The van der Waals surface area contributed by atoms with Crippen LogP contribution in [0.5, 0.6) is 0 Å². The number of anilines is 1. The Morgan fingerprint density at radius 1 is 0.742 bits per heavy atom. The maximum Gasteiger partial charge on any atom is 0.251 e. The first kappa shape index (κ1) is 22.2. The van der Waals surface area contributed by atoms with Gasteiger partial charge in [-0.2, -0.15) is 0 Å². The lowest BCUT2D eigenvalue weighted by molar-refractivity contribution is 0.0953. The average molecular weight is 416 g/mol. The van der Waals surface area contributed by atoms with Gasteiger partial charge in [-0.05, 0) is 55.3 Å². The van der Waals surface area contributed by atoms with Gasteiger partial charge < -0.3 is 16.0 Å². The lowest BCUT2D eigenvalue weighted by atomic mass is 10.1. The highest BCUT2D eigenvalue weighted by molar-refractivity contribution is 5.99. The van der Waals surface area contributed by atoms with E-state index in [1.807, 2.05) is 18.2 Å². The Morgan fingerprint density at radius 2 is 1.48 bits per heavy atom. The van der Waals surface area contributed by atoms with Crippen LogP contribution < -0.4 is 16.0 Å². The number of hydrogen-bond acceptors (Lipinski definition) is 4. The molecule has 0 aliphatic heterocycles. The van der Waals surface area contributed by atoms with Gasteiger partial charge in [-0.25, -0.2) is 0 Å². The van der Waals surface area contributed by atoms with Crippen molar-refractivity contribution in [2.75, 3.05) is 18.4 Å². The van der Waals surface area contributed by atoms with Crippen molar-refractivity contribution < 1.29 is 9.59 Å². The van der Waals surface area contributed by atoms with Crippen LogP contribution in [0.2, 0.25) is 0 Å². The molecule has 0 saturated carbocycles. The largest absolute Gasteiger partial charge is 0.381 e. The van der Waals surface area contributed by atoms with Crippen LogP contribution in [-0.2, 0) is 13.1 Å². The number of ketones is 1. The molecule has 3 N–H and O–H groups in total. The van der Waals surface area contributed by atoms with Crippen molar-refractivity contribution in [3.63, 3.8) is 0 Å². The number of nitrogens with one attached hydrogen (secondary N) is 3. The first-order valence-electron chi connectivity index (χ1n) is 10.6. The Morgan fingerprint density at radius 3 is 2.29 bits per heavy atom. The summed E-state index contributed by atoms with van der Waals surface area (Å²) in [7, 11) is 0. The number of carbonyl (C=O) groups excluding carboxylic acids is 2. The molecule has 3 rings (SSSR count). The lowest BCUT2D eigenvalue weighted by Crippen LogP contribution is -2.27. The van der Waals surface area contributed by atoms with Crippen molar-refractivity contribution in [1.29, 1.82) is 0 Å². The normalized spacial score (nSPS) is 10.5. The standard InChI is InChI=1S/C26H29N3O2/c1-20(30)23-11-6-12-24(17-23)26(31)28-15-7-14-27-18-22-10-5-13-25(16-22)29-19-21-8-3-2-4-9-21/h2-6,8-13,16-17,27,29H,7,14-15,18-19H2,1H3,(H,28,31). The van der Waals surface area contributed by atoms with E-state index in [4.69, 9.17) is 0 Å². The van der Waals surface area contributed by atoms with E-state index in [2.05, 4.69) is 52.3 Å². The number of rotatable bonds is 11. The molecule has 5 nitrogen and oxygen atoms in total. The summed E-state index contributed by atoms with van der Waals surface area (Å²) in [6.45, 7) is 4.45. The SMILES string of the molecule is CC(=O)c1cccc(C(=O)NCCCNCc2cccc(NCc3ccccc3)c2)c1. The first-order valence-corrected chi connectivity index (χ1v) is 10.6.